The Bertz CT molecular complexity index is 262. The molecule has 1 rings (SSSR count). The summed E-state index contributed by atoms with van der Waals surface area (Å²) in [6.07, 6.45) is 4.00. The van der Waals surface area contributed by atoms with Crippen LogP contribution in [0.25, 0.3) is 0 Å². The van der Waals surface area contributed by atoms with Gasteiger partial charge in [0.1, 0.15) is 6.04 Å². The van der Waals surface area contributed by atoms with Gasteiger partial charge in [0.15, 0.2) is 0 Å². The normalized spacial score (nSPS) is 17.6. The van der Waals surface area contributed by atoms with Crippen molar-refractivity contribution >= 4 is 11.9 Å². The van der Waals surface area contributed by atoms with Gasteiger partial charge in [0, 0.05) is 13.1 Å². The zero-order chi connectivity index (χ0) is 12.7. The molecule has 1 amide bonds. The number of carbonyl (C=O) groups excluding carboxylic acids is 2. The number of rotatable bonds is 5. The van der Waals surface area contributed by atoms with E-state index in [2.05, 4.69) is 10.1 Å². The second kappa shape index (κ2) is 7.27. The summed E-state index contributed by atoms with van der Waals surface area (Å²) in [5.41, 5.74) is 0. The predicted octanol–water partition coefficient (Wildman–Crippen LogP) is 0.540. The van der Waals surface area contributed by atoms with Gasteiger partial charge in [-0.15, -0.1) is 0 Å². The number of carbonyl (C=O) groups is 2. The lowest BCUT2D eigenvalue weighted by Gasteiger charge is -2.27. The Morgan fingerprint density at radius 1 is 1.29 bits per heavy atom. The van der Waals surface area contributed by atoms with Gasteiger partial charge >= 0.3 is 5.97 Å². The molecule has 0 saturated carbocycles. The zero-order valence-corrected chi connectivity index (χ0v) is 10.7. The third kappa shape index (κ3) is 4.34. The number of hydrogen-bond acceptors (Lipinski definition) is 4. The number of nitrogens with zero attached hydrogens (tertiary/aromatic N) is 1. The molecule has 1 aliphatic rings. The van der Waals surface area contributed by atoms with Crippen LogP contribution in [0, 0.1) is 0 Å². The van der Waals surface area contributed by atoms with Crippen LogP contribution in [-0.4, -0.2) is 49.6 Å². The van der Waals surface area contributed by atoms with Gasteiger partial charge in [-0.3, -0.25) is 14.9 Å². The van der Waals surface area contributed by atoms with Crippen molar-refractivity contribution in [3.63, 3.8) is 0 Å². The van der Waals surface area contributed by atoms with Crippen LogP contribution in [0.5, 0.6) is 0 Å². The van der Waals surface area contributed by atoms with Crippen LogP contribution in [-0.2, 0) is 14.3 Å². The minimum atomic E-state index is -0.381. The SMILES string of the molecule is CCC(NCC(=O)N1CCCCC1)C(=O)OC. The highest BCUT2D eigenvalue weighted by Gasteiger charge is 2.20. The Kier molecular flexibility index (Phi) is 5.97. The summed E-state index contributed by atoms with van der Waals surface area (Å²) in [4.78, 5) is 25.0. The van der Waals surface area contributed by atoms with Crippen LogP contribution in [0.2, 0.25) is 0 Å². The molecule has 17 heavy (non-hydrogen) atoms. The molecule has 1 fully saturated rings. The molecule has 0 aromatic carbocycles. The average Bonchev–Trinajstić information content (AvgIpc) is 2.39. The molecular weight excluding hydrogens is 220 g/mol. The topological polar surface area (TPSA) is 58.6 Å². The molecule has 1 unspecified atom stereocenters. The van der Waals surface area contributed by atoms with Crippen LogP contribution in [0.1, 0.15) is 32.6 Å². The van der Waals surface area contributed by atoms with Crippen molar-refractivity contribution in [3.05, 3.63) is 0 Å². The number of methoxy groups -OCH3 is 1. The molecule has 0 aliphatic carbocycles. The van der Waals surface area contributed by atoms with Crippen molar-refractivity contribution < 1.29 is 14.3 Å². The van der Waals surface area contributed by atoms with Crippen LogP contribution in [0.3, 0.4) is 0 Å². The molecule has 1 atom stereocenters. The second-order valence-electron chi connectivity index (χ2n) is 4.31. The lowest BCUT2D eigenvalue weighted by molar-refractivity contribution is -0.143. The van der Waals surface area contributed by atoms with Gasteiger partial charge in [0.25, 0.3) is 0 Å². The molecule has 1 saturated heterocycles. The van der Waals surface area contributed by atoms with E-state index in [1.807, 2.05) is 11.8 Å². The minimum Gasteiger partial charge on any atom is -0.468 e. The van der Waals surface area contributed by atoms with E-state index in [1.54, 1.807) is 0 Å². The monoisotopic (exact) mass is 242 g/mol. The number of amides is 1. The largest absolute Gasteiger partial charge is 0.468 e. The van der Waals surface area contributed by atoms with Crippen molar-refractivity contribution in [1.29, 1.82) is 0 Å². The summed E-state index contributed by atoms with van der Waals surface area (Å²) in [5.74, 6) is -0.231. The molecule has 0 radical (unpaired) electrons. The van der Waals surface area contributed by atoms with Gasteiger partial charge in [0.05, 0.1) is 13.7 Å². The fourth-order valence-corrected chi connectivity index (χ4v) is 2.00. The lowest BCUT2D eigenvalue weighted by Crippen LogP contribution is -2.46. The average molecular weight is 242 g/mol. The van der Waals surface area contributed by atoms with Gasteiger partial charge in [0.2, 0.25) is 5.91 Å². The lowest BCUT2D eigenvalue weighted by atomic mass is 10.1. The van der Waals surface area contributed by atoms with E-state index in [-0.39, 0.29) is 24.5 Å². The quantitative estimate of drug-likeness (QED) is 0.715. The molecule has 1 heterocycles. The molecule has 5 nitrogen and oxygen atoms in total. The minimum absolute atomic E-state index is 0.0760. The zero-order valence-electron chi connectivity index (χ0n) is 10.7. The number of nitrogens with one attached hydrogen (secondary N) is 1. The highest BCUT2D eigenvalue weighted by atomic mass is 16.5. The van der Waals surface area contributed by atoms with E-state index in [4.69, 9.17) is 0 Å². The number of hydrogen-bond donors (Lipinski definition) is 1. The maximum atomic E-state index is 11.8. The fourth-order valence-electron chi connectivity index (χ4n) is 2.00. The number of piperidine rings is 1. The molecule has 0 spiro atoms. The maximum absolute atomic E-state index is 11.8. The summed E-state index contributed by atoms with van der Waals surface area (Å²) < 4.78 is 4.65. The van der Waals surface area contributed by atoms with Crippen molar-refractivity contribution in [1.82, 2.24) is 10.2 Å². The van der Waals surface area contributed by atoms with Crippen molar-refractivity contribution in [2.45, 2.75) is 38.6 Å². The summed E-state index contributed by atoms with van der Waals surface area (Å²) in [6.45, 7) is 3.79. The van der Waals surface area contributed by atoms with E-state index in [1.165, 1.54) is 13.5 Å². The molecule has 1 N–H and O–H groups in total. The van der Waals surface area contributed by atoms with E-state index in [0.717, 1.165) is 25.9 Å². The third-order valence-corrected chi connectivity index (χ3v) is 3.10. The molecule has 1 aliphatic heterocycles. The van der Waals surface area contributed by atoms with E-state index in [0.29, 0.717) is 6.42 Å². The van der Waals surface area contributed by atoms with Gasteiger partial charge in [-0.25, -0.2) is 0 Å². The van der Waals surface area contributed by atoms with Gasteiger partial charge in [-0.1, -0.05) is 6.92 Å². The Morgan fingerprint density at radius 3 is 2.47 bits per heavy atom. The van der Waals surface area contributed by atoms with Crippen molar-refractivity contribution in [2.75, 3.05) is 26.7 Å². The summed E-state index contributed by atoms with van der Waals surface area (Å²) >= 11 is 0. The van der Waals surface area contributed by atoms with Crippen LogP contribution >= 0.6 is 0 Å². The fraction of sp³-hybridized carbons (Fsp3) is 0.833. The molecule has 0 aromatic rings. The summed E-state index contributed by atoms with van der Waals surface area (Å²) in [7, 11) is 1.36. The molecule has 98 valence electrons. The Hall–Kier alpha value is -1.10. The first-order valence-corrected chi connectivity index (χ1v) is 6.28. The summed E-state index contributed by atoms with van der Waals surface area (Å²) in [5, 5.41) is 2.95. The van der Waals surface area contributed by atoms with Crippen molar-refractivity contribution in [3.8, 4) is 0 Å². The standard InChI is InChI=1S/C12H22N2O3/c1-3-10(12(16)17-2)13-9-11(15)14-7-5-4-6-8-14/h10,13H,3-9H2,1-2H3. The van der Waals surface area contributed by atoms with E-state index < -0.39 is 0 Å². The molecular formula is C12H22N2O3. The third-order valence-electron chi connectivity index (χ3n) is 3.10. The Labute approximate surface area is 102 Å². The second-order valence-corrected chi connectivity index (χ2v) is 4.31. The number of ether oxygens (including phenoxy) is 1. The Balaban J connectivity index is 2.32. The Morgan fingerprint density at radius 2 is 1.94 bits per heavy atom. The van der Waals surface area contributed by atoms with Crippen LogP contribution in [0.4, 0.5) is 0 Å². The van der Waals surface area contributed by atoms with Crippen LogP contribution in [0.15, 0.2) is 0 Å². The van der Waals surface area contributed by atoms with E-state index in [9.17, 15) is 9.59 Å². The first-order chi connectivity index (χ1) is 8.19. The van der Waals surface area contributed by atoms with E-state index >= 15 is 0 Å². The highest BCUT2D eigenvalue weighted by molar-refractivity contribution is 5.80. The smallest absolute Gasteiger partial charge is 0.322 e. The van der Waals surface area contributed by atoms with Crippen molar-refractivity contribution in [2.24, 2.45) is 0 Å². The van der Waals surface area contributed by atoms with Gasteiger partial charge < -0.3 is 9.64 Å². The summed E-state index contributed by atoms with van der Waals surface area (Å²) in [6, 6.07) is -0.381. The number of esters is 1. The predicted molar refractivity (Wildman–Crippen MR) is 64.5 cm³/mol. The highest BCUT2D eigenvalue weighted by Crippen LogP contribution is 2.08. The molecule has 5 heteroatoms. The van der Waals surface area contributed by atoms with Gasteiger partial charge in [-0.05, 0) is 25.7 Å². The van der Waals surface area contributed by atoms with Crippen LogP contribution < -0.4 is 5.32 Å². The molecule has 0 bridgehead atoms. The first-order valence-electron chi connectivity index (χ1n) is 6.28. The number of likely N-dealkylation sites (tertiary alicyclic amines) is 1. The maximum Gasteiger partial charge on any atom is 0.322 e. The first kappa shape index (κ1) is 14.0. The molecule has 0 aromatic heterocycles. The van der Waals surface area contributed by atoms with Gasteiger partial charge in [-0.2, -0.15) is 0 Å².